The summed E-state index contributed by atoms with van der Waals surface area (Å²) in [6.45, 7) is 4.65. The minimum Gasteiger partial charge on any atom is -0.311 e. The van der Waals surface area contributed by atoms with E-state index in [1.807, 2.05) is 0 Å². The van der Waals surface area contributed by atoms with Gasteiger partial charge in [0.1, 0.15) is 0 Å². The maximum absolute atomic E-state index is 13.3. The van der Waals surface area contributed by atoms with Crippen LogP contribution in [0, 0.1) is 11.8 Å². The second-order valence-corrected chi connectivity index (χ2v) is 9.30. The van der Waals surface area contributed by atoms with Crippen LogP contribution in [-0.2, 0) is 10.2 Å². The largest absolute Gasteiger partial charge is 0.311 e. The zero-order valence-electron chi connectivity index (χ0n) is 16.0. The van der Waals surface area contributed by atoms with E-state index in [4.69, 9.17) is 0 Å². The van der Waals surface area contributed by atoms with Gasteiger partial charge in [-0.3, -0.25) is 4.79 Å². The van der Waals surface area contributed by atoms with Crippen LogP contribution >= 0.6 is 0 Å². The van der Waals surface area contributed by atoms with Gasteiger partial charge in [-0.15, -0.1) is 0 Å². The molecule has 3 fully saturated rings. The summed E-state index contributed by atoms with van der Waals surface area (Å²) in [6, 6.07) is 8.79. The molecular formula is C23H32N2O. The van der Waals surface area contributed by atoms with E-state index in [0.29, 0.717) is 5.91 Å². The van der Waals surface area contributed by atoms with Crippen LogP contribution in [0.1, 0.15) is 63.4 Å². The number of piperidine rings is 1. The third kappa shape index (κ3) is 2.98. The minimum absolute atomic E-state index is 0.209. The van der Waals surface area contributed by atoms with Gasteiger partial charge in [-0.2, -0.15) is 0 Å². The van der Waals surface area contributed by atoms with E-state index in [2.05, 4.69) is 34.1 Å². The van der Waals surface area contributed by atoms with Crippen molar-refractivity contribution < 1.29 is 4.79 Å². The molecule has 2 heterocycles. The summed E-state index contributed by atoms with van der Waals surface area (Å²) >= 11 is 0. The number of rotatable bonds is 3. The Labute approximate surface area is 157 Å². The monoisotopic (exact) mass is 352 g/mol. The van der Waals surface area contributed by atoms with E-state index < -0.39 is 0 Å². The molecule has 1 spiro atoms. The van der Waals surface area contributed by atoms with Gasteiger partial charge in [-0.1, -0.05) is 37.5 Å². The van der Waals surface area contributed by atoms with Gasteiger partial charge in [0, 0.05) is 30.1 Å². The number of para-hydroxylation sites is 1. The lowest BCUT2D eigenvalue weighted by Gasteiger charge is -2.40. The lowest BCUT2D eigenvalue weighted by atomic mass is 9.74. The maximum Gasteiger partial charge on any atom is 0.230 e. The summed E-state index contributed by atoms with van der Waals surface area (Å²) in [7, 11) is 0. The highest BCUT2D eigenvalue weighted by Gasteiger charge is 2.47. The predicted molar refractivity (Wildman–Crippen MR) is 105 cm³/mol. The molecular weight excluding hydrogens is 320 g/mol. The third-order valence-corrected chi connectivity index (χ3v) is 7.47. The molecule has 2 saturated carbocycles. The van der Waals surface area contributed by atoms with Crippen molar-refractivity contribution >= 4 is 11.6 Å². The topological polar surface area (TPSA) is 23.6 Å². The molecule has 140 valence electrons. The molecule has 3 nitrogen and oxygen atoms in total. The number of benzene rings is 1. The fourth-order valence-electron chi connectivity index (χ4n) is 5.65. The van der Waals surface area contributed by atoms with Crippen molar-refractivity contribution in [3.63, 3.8) is 0 Å². The van der Waals surface area contributed by atoms with Crippen LogP contribution in [0.25, 0.3) is 0 Å². The quantitative estimate of drug-likeness (QED) is 0.807. The van der Waals surface area contributed by atoms with E-state index >= 15 is 0 Å². The molecule has 0 unspecified atom stereocenters. The zero-order chi connectivity index (χ0) is 17.6. The molecule has 0 aromatic heterocycles. The molecule has 1 amide bonds. The SMILES string of the molecule is O=C(C1CCCCC1)N1CC2(CCN(CC3CC3)CC2)c2ccccc21. The van der Waals surface area contributed by atoms with Crippen LogP contribution in [0.4, 0.5) is 5.69 Å². The Bertz CT molecular complexity index is 667. The number of fused-ring (bicyclic) bond motifs is 2. The lowest BCUT2D eigenvalue weighted by molar-refractivity contribution is -0.123. The second-order valence-electron chi connectivity index (χ2n) is 9.30. The van der Waals surface area contributed by atoms with E-state index in [9.17, 15) is 4.79 Å². The summed E-state index contributed by atoms with van der Waals surface area (Å²) in [6.07, 6.45) is 11.3. The van der Waals surface area contributed by atoms with Gasteiger partial charge in [0.25, 0.3) is 0 Å². The number of amides is 1. The Morgan fingerprint density at radius 3 is 2.46 bits per heavy atom. The fraction of sp³-hybridized carbons (Fsp3) is 0.696. The fourth-order valence-corrected chi connectivity index (χ4v) is 5.65. The first kappa shape index (κ1) is 16.8. The molecule has 0 N–H and O–H groups in total. The van der Waals surface area contributed by atoms with Crippen molar-refractivity contribution in [2.45, 2.75) is 63.2 Å². The smallest absolute Gasteiger partial charge is 0.230 e. The number of carbonyl (C=O) groups excluding carboxylic acids is 1. The molecule has 0 bridgehead atoms. The Morgan fingerprint density at radius 1 is 1.00 bits per heavy atom. The minimum atomic E-state index is 0.209. The molecule has 4 aliphatic rings. The van der Waals surface area contributed by atoms with E-state index in [-0.39, 0.29) is 11.3 Å². The molecule has 0 atom stereocenters. The average molecular weight is 353 g/mol. The summed E-state index contributed by atoms with van der Waals surface area (Å²) in [4.78, 5) is 18.2. The van der Waals surface area contributed by atoms with Gasteiger partial charge >= 0.3 is 0 Å². The standard InChI is InChI=1S/C23H32N2O/c26-22(19-6-2-1-3-7-19)25-17-23(20-8-4-5-9-21(20)25)12-14-24(15-13-23)16-18-10-11-18/h4-5,8-9,18-19H,1-3,6-7,10-17H2. The van der Waals surface area contributed by atoms with Crippen LogP contribution in [-0.4, -0.2) is 37.0 Å². The van der Waals surface area contributed by atoms with Crippen molar-refractivity contribution in [3.8, 4) is 0 Å². The zero-order valence-corrected chi connectivity index (χ0v) is 16.0. The Kier molecular flexibility index (Phi) is 4.31. The number of carbonyl (C=O) groups is 1. The van der Waals surface area contributed by atoms with Crippen molar-refractivity contribution in [1.82, 2.24) is 4.90 Å². The van der Waals surface area contributed by atoms with E-state index in [1.54, 1.807) is 0 Å². The molecule has 2 aliphatic carbocycles. The molecule has 1 saturated heterocycles. The summed E-state index contributed by atoms with van der Waals surface area (Å²) in [5.41, 5.74) is 2.88. The first-order chi connectivity index (χ1) is 12.8. The molecule has 3 heteroatoms. The van der Waals surface area contributed by atoms with Crippen molar-refractivity contribution in [2.75, 3.05) is 31.1 Å². The van der Waals surface area contributed by atoms with Crippen molar-refractivity contribution in [2.24, 2.45) is 11.8 Å². The summed E-state index contributed by atoms with van der Waals surface area (Å²) < 4.78 is 0. The van der Waals surface area contributed by atoms with Gasteiger partial charge in [0.2, 0.25) is 5.91 Å². The molecule has 0 radical (unpaired) electrons. The Hall–Kier alpha value is -1.35. The van der Waals surface area contributed by atoms with Gasteiger partial charge in [-0.05, 0) is 69.2 Å². The van der Waals surface area contributed by atoms with Crippen LogP contribution in [0.5, 0.6) is 0 Å². The second kappa shape index (κ2) is 6.67. The maximum atomic E-state index is 13.3. The van der Waals surface area contributed by atoms with Gasteiger partial charge < -0.3 is 9.80 Å². The van der Waals surface area contributed by atoms with Crippen LogP contribution < -0.4 is 4.90 Å². The highest BCUT2D eigenvalue weighted by Crippen LogP contribution is 2.48. The Morgan fingerprint density at radius 2 is 1.73 bits per heavy atom. The number of likely N-dealkylation sites (tertiary alicyclic amines) is 1. The number of nitrogens with zero attached hydrogens (tertiary/aromatic N) is 2. The molecule has 2 aliphatic heterocycles. The van der Waals surface area contributed by atoms with Crippen LogP contribution in [0.3, 0.4) is 0 Å². The highest BCUT2D eigenvalue weighted by molar-refractivity contribution is 5.97. The van der Waals surface area contributed by atoms with Gasteiger partial charge in [-0.25, -0.2) is 0 Å². The summed E-state index contributed by atoms with van der Waals surface area (Å²) in [5, 5.41) is 0. The summed E-state index contributed by atoms with van der Waals surface area (Å²) in [5.74, 6) is 1.65. The molecule has 5 rings (SSSR count). The number of hydrogen-bond acceptors (Lipinski definition) is 2. The van der Waals surface area contributed by atoms with E-state index in [0.717, 1.165) is 25.3 Å². The first-order valence-electron chi connectivity index (χ1n) is 10.9. The molecule has 1 aromatic carbocycles. The lowest BCUT2D eigenvalue weighted by Crippen LogP contribution is -2.47. The van der Waals surface area contributed by atoms with Gasteiger partial charge in [0.05, 0.1) is 0 Å². The van der Waals surface area contributed by atoms with E-state index in [1.165, 1.54) is 75.8 Å². The predicted octanol–water partition coefficient (Wildman–Crippen LogP) is 4.36. The molecule has 1 aromatic rings. The Balaban J connectivity index is 1.36. The van der Waals surface area contributed by atoms with Crippen LogP contribution in [0.2, 0.25) is 0 Å². The normalized spacial score (nSPS) is 26.2. The van der Waals surface area contributed by atoms with Crippen molar-refractivity contribution in [3.05, 3.63) is 29.8 Å². The third-order valence-electron chi connectivity index (χ3n) is 7.47. The number of anilines is 1. The van der Waals surface area contributed by atoms with Gasteiger partial charge in [0.15, 0.2) is 0 Å². The highest BCUT2D eigenvalue weighted by atomic mass is 16.2. The first-order valence-corrected chi connectivity index (χ1v) is 10.9. The van der Waals surface area contributed by atoms with Crippen molar-refractivity contribution in [1.29, 1.82) is 0 Å². The van der Waals surface area contributed by atoms with Crippen LogP contribution in [0.15, 0.2) is 24.3 Å². The average Bonchev–Trinajstić information content (AvgIpc) is 3.46. The number of hydrogen-bond donors (Lipinski definition) is 0. The molecule has 26 heavy (non-hydrogen) atoms.